The fourth-order valence-corrected chi connectivity index (χ4v) is 2.03. The molecule has 0 fully saturated rings. The van der Waals surface area contributed by atoms with Crippen LogP contribution >= 0.6 is 0 Å². The number of hydrogen-bond donors (Lipinski definition) is 3. The van der Waals surface area contributed by atoms with E-state index in [-0.39, 0.29) is 12.2 Å². The van der Waals surface area contributed by atoms with E-state index in [1.165, 1.54) is 12.1 Å². The van der Waals surface area contributed by atoms with E-state index in [2.05, 4.69) is 10.3 Å². The van der Waals surface area contributed by atoms with E-state index < -0.39 is 11.5 Å². The molecule has 3 N–H and O–H groups in total. The van der Waals surface area contributed by atoms with Crippen molar-refractivity contribution in [1.29, 1.82) is 0 Å². The van der Waals surface area contributed by atoms with Gasteiger partial charge in [-0.1, -0.05) is 13.8 Å². The van der Waals surface area contributed by atoms with Gasteiger partial charge in [-0.3, -0.25) is 0 Å². The quantitative estimate of drug-likeness (QED) is 0.751. The molecule has 0 bridgehead atoms. The lowest BCUT2D eigenvalue weighted by atomic mass is 9.94. The highest BCUT2D eigenvalue weighted by molar-refractivity contribution is 5.92. The van der Waals surface area contributed by atoms with Crippen LogP contribution in [0.1, 0.15) is 37.0 Å². The van der Waals surface area contributed by atoms with Gasteiger partial charge in [0, 0.05) is 0 Å². The van der Waals surface area contributed by atoms with Gasteiger partial charge in [0.25, 0.3) is 6.01 Å². The monoisotopic (exact) mass is 278 g/mol. The maximum absolute atomic E-state index is 10.9. The van der Waals surface area contributed by atoms with E-state index in [9.17, 15) is 9.90 Å². The van der Waals surface area contributed by atoms with Crippen LogP contribution in [0.5, 0.6) is 0 Å². The van der Waals surface area contributed by atoms with Crippen LogP contribution in [0, 0.1) is 0 Å². The lowest BCUT2D eigenvalue weighted by Gasteiger charge is -2.29. The van der Waals surface area contributed by atoms with Crippen molar-refractivity contribution in [2.24, 2.45) is 0 Å². The molecule has 0 amide bonds. The number of aliphatic hydroxyl groups is 1. The Kier molecular flexibility index (Phi) is 3.94. The summed E-state index contributed by atoms with van der Waals surface area (Å²) in [7, 11) is 0. The van der Waals surface area contributed by atoms with E-state index in [0.717, 1.165) is 12.8 Å². The summed E-state index contributed by atoms with van der Waals surface area (Å²) in [6, 6.07) is 4.82. The molecule has 108 valence electrons. The third-order valence-corrected chi connectivity index (χ3v) is 3.66. The third-order valence-electron chi connectivity index (χ3n) is 3.66. The first-order valence-electron chi connectivity index (χ1n) is 6.56. The van der Waals surface area contributed by atoms with Crippen molar-refractivity contribution < 1.29 is 19.4 Å². The second-order valence-corrected chi connectivity index (χ2v) is 4.78. The number of aromatic carboxylic acids is 1. The Balaban J connectivity index is 2.34. The fraction of sp³-hybridized carbons (Fsp3) is 0.429. The van der Waals surface area contributed by atoms with Gasteiger partial charge in [0.05, 0.1) is 17.7 Å². The number of fused-ring (bicyclic) bond motifs is 1. The molecule has 0 atom stereocenters. The predicted octanol–water partition coefficient (Wildman–Crippen LogP) is 2.49. The molecule has 0 aliphatic rings. The van der Waals surface area contributed by atoms with Gasteiger partial charge >= 0.3 is 5.97 Å². The standard InChI is InChI=1S/C14H18N2O4/c1-3-14(4-2,8-17)16-13-15-10-6-5-9(12(18)19)7-11(10)20-13/h5-7,17H,3-4,8H2,1-2H3,(H,15,16)(H,18,19). The number of carboxylic acids is 1. The van der Waals surface area contributed by atoms with Crippen molar-refractivity contribution in [2.45, 2.75) is 32.2 Å². The van der Waals surface area contributed by atoms with Crippen molar-refractivity contribution in [2.75, 3.05) is 11.9 Å². The number of oxazole rings is 1. The molecule has 2 aromatic rings. The number of nitrogens with one attached hydrogen (secondary N) is 1. The molecule has 0 radical (unpaired) electrons. The SMILES string of the molecule is CCC(CC)(CO)Nc1nc2ccc(C(=O)O)cc2o1. The summed E-state index contributed by atoms with van der Waals surface area (Å²) in [6.07, 6.45) is 1.44. The molecule has 1 heterocycles. The number of aromatic nitrogens is 1. The van der Waals surface area contributed by atoms with Gasteiger partial charge in [0.1, 0.15) is 5.52 Å². The van der Waals surface area contributed by atoms with Gasteiger partial charge in [-0.2, -0.15) is 4.98 Å². The van der Waals surface area contributed by atoms with Crippen LogP contribution in [-0.4, -0.2) is 33.3 Å². The largest absolute Gasteiger partial charge is 0.478 e. The second-order valence-electron chi connectivity index (χ2n) is 4.78. The van der Waals surface area contributed by atoms with E-state index in [1.54, 1.807) is 6.07 Å². The molecule has 2 rings (SSSR count). The zero-order valence-electron chi connectivity index (χ0n) is 11.5. The minimum atomic E-state index is -1.01. The van der Waals surface area contributed by atoms with Crippen LogP contribution < -0.4 is 5.32 Å². The minimum absolute atomic E-state index is 0.0287. The topological polar surface area (TPSA) is 95.6 Å². The van der Waals surface area contributed by atoms with Crippen LogP contribution in [0.15, 0.2) is 22.6 Å². The normalized spacial score (nSPS) is 11.8. The molecular formula is C14H18N2O4. The van der Waals surface area contributed by atoms with Gasteiger partial charge in [0.2, 0.25) is 0 Å². The van der Waals surface area contributed by atoms with Gasteiger partial charge in [0.15, 0.2) is 5.58 Å². The molecule has 0 aliphatic carbocycles. The Morgan fingerprint density at radius 1 is 1.40 bits per heavy atom. The van der Waals surface area contributed by atoms with E-state index in [0.29, 0.717) is 17.1 Å². The minimum Gasteiger partial charge on any atom is -0.478 e. The average molecular weight is 278 g/mol. The number of anilines is 1. The molecule has 0 spiro atoms. The highest BCUT2D eigenvalue weighted by atomic mass is 16.4. The number of nitrogens with zero attached hydrogens (tertiary/aromatic N) is 1. The summed E-state index contributed by atoms with van der Waals surface area (Å²) >= 11 is 0. The number of carbonyl (C=O) groups is 1. The van der Waals surface area contributed by atoms with Crippen LogP contribution in [0.4, 0.5) is 6.01 Å². The fourth-order valence-electron chi connectivity index (χ4n) is 2.03. The Hall–Kier alpha value is -2.08. The number of carboxylic acid groups (broad SMARTS) is 1. The molecule has 20 heavy (non-hydrogen) atoms. The lowest BCUT2D eigenvalue weighted by Crippen LogP contribution is -2.40. The van der Waals surface area contributed by atoms with E-state index >= 15 is 0 Å². The van der Waals surface area contributed by atoms with E-state index in [4.69, 9.17) is 9.52 Å². The highest BCUT2D eigenvalue weighted by Crippen LogP contribution is 2.25. The summed E-state index contributed by atoms with van der Waals surface area (Å²) in [5.41, 5.74) is 0.666. The van der Waals surface area contributed by atoms with Crippen molar-refractivity contribution in [3.63, 3.8) is 0 Å². The average Bonchev–Trinajstić information content (AvgIpc) is 2.85. The second kappa shape index (κ2) is 5.50. The summed E-state index contributed by atoms with van der Waals surface area (Å²) in [4.78, 5) is 15.2. The molecule has 1 aromatic heterocycles. The van der Waals surface area contributed by atoms with Crippen molar-refractivity contribution in [3.8, 4) is 0 Å². The van der Waals surface area contributed by atoms with Crippen LogP contribution in [0.3, 0.4) is 0 Å². The van der Waals surface area contributed by atoms with Gasteiger partial charge < -0.3 is 19.9 Å². The number of aliphatic hydroxyl groups excluding tert-OH is 1. The Morgan fingerprint density at radius 2 is 2.10 bits per heavy atom. The lowest BCUT2D eigenvalue weighted by molar-refractivity contribution is 0.0697. The number of rotatable bonds is 6. The number of hydrogen-bond acceptors (Lipinski definition) is 5. The third kappa shape index (κ3) is 2.60. The Bertz CT molecular complexity index is 608. The summed E-state index contributed by atoms with van der Waals surface area (Å²) in [6.45, 7) is 3.91. The molecule has 0 aliphatic heterocycles. The maximum Gasteiger partial charge on any atom is 0.335 e. The molecule has 0 saturated heterocycles. The first-order chi connectivity index (χ1) is 9.53. The zero-order valence-corrected chi connectivity index (χ0v) is 11.5. The van der Waals surface area contributed by atoms with Gasteiger partial charge in [-0.05, 0) is 31.0 Å². The van der Waals surface area contributed by atoms with Gasteiger partial charge in [-0.15, -0.1) is 0 Å². The molecule has 6 heteroatoms. The predicted molar refractivity (Wildman–Crippen MR) is 75.0 cm³/mol. The van der Waals surface area contributed by atoms with Crippen LogP contribution in [-0.2, 0) is 0 Å². The summed E-state index contributed by atoms with van der Waals surface area (Å²) < 4.78 is 5.52. The summed E-state index contributed by atoms with van der Waals surface area (Å²) in [5.74, 6) is -1.01. The Morgan fingerprint density at radius 3 is 2.65 bits per heavy atom. The zero-order chi connectivity index (χ0) is 14.8. The van der Waals surface area contributed by atoms with E-state index in [1.807, 2.05) is 13.8 Å². The smallest absolute Gasteiger partial charge is 0.335 e. The first-order valence-corrected chi connectivity index (χ1v) is 6.56. The molecule has 0 unspecified atom stereocenters. The molecule has 6 nitrogen and oxygen atoms in total. The molecular weight excluding hydrogens is 260 g/mol. The van der Waals surface area contributed by atoms with Crippen molar-refractivity contribution in [3.05, 3.63) is 23.8 Å². The van der Waals surface area contributed by atoms with Crippen LogP contribution in [0.2, 0.25) is 0 Å². The first kappa shape index (κ1) is 14.3. The maximum atomic E-state index is 10.9. The van der Waals surface area contributed by atoms with Gasteiger partial charge in [-0.25, -0.2) is 4.79 Å². The summed E-state index contributed by atoms with van der Waals surface area (Å²) in [5, 5.41) is 21.6. The molecule has 1 aromatic carbocycles. The number of benzene rings is 1. The van der Waals surface area contributed by atoms with Crippen molar-refractivity contribution in [1.82, 2.24) is 4.98 Å². The van der Waals surface area contributed by atoms with Crippen LogP contribution in [0.25, 0.3) is 11.1 Å². The van der Waals surface area contributed by atoms with Crippen molar-refractivity contribution >= 4 is 23.1 Å². The molecule has 0 saturated carbocycles. The highest BCUT2D eigenvalue weighted by Gasteiger charge is 2.27. The Labute approximate surface area is 116 Å².